The zero-order chi connectivity index (χ0) is 16.7. The summed E-state index contributed by atoms with van der Waals surface area (Å²) in [5.74, 6) is -0.692. The molecule has 23 heavy (non-hydrogen) atoms. The Hall–Kier alpha value is -2.64. The van der Waals surface area contributed by atoms with Crippen molar-refractivity contribution in [1.82, 2.24) is 0 Å². The maximum absolute atomic E-state index is 10.3. The highest BCUT2D eigenvalue weighted by Gasteiger charge is 2.39. The maximum atomic E-state index is 10.3. The first-order valence-electron chi connectivity index (χ1n) is 6.88. The molecule has 0 saturated carbocycles. The van der Waals surface area contributed by atoms with E-state index in [0.717, 1.165) is 0 Å². The van der Waals surface area contributed by atoms with E-state index < -0.39 is 18.3 Å². The first-order chi connectivity index (χ1) is 10.9. The van der Waals surface area contributed by atoms with Crippen molar-refractivity contribution >= 4 is 0 Å². The summed E-state index contributed by atoms with van der Waals surface area (Å²) in [4.78, 5) is 0. The minimum Gasteiger partial charge on any atom is -0.504 e. The van der Waals surface area contributed by atoms with Crippen LogP contribution in [0.25, 0.3) is 0 Å². The van der Waals surface area contributed by atoms with Crippen LogP contribution in [0.5, 0.6) is 28.7 Å². The number of phenols is 3. The van der Waals surface area contributed by atoms with Gasteiger partial charge in [-0.15, -0.1) is 0 Å². The van der Waals surface area contributed by atoms with Gasteiger partial charge in [-0.25, -0.2) is 0 Å². The molecule has 7 nitrogen and oxygen atoms in total. The summed E-state index contributed by atoms with van der Waals surface area (Å²) in [5, 5.41) is 49.4. The topological polar surface area (TPSA) is 120 Å². The SMILES string of the molecule is COc1c(O)ccc2c1OC(c1ccc(O)c(O)c1)C(O)C2O. The molecule has 0 saturated heterocycles. The monoisotopic (exact) mass is 320 g/mol. The Morgan fingerprint density at radius 1 is 0.957 bits per heavy atom. The number of aliphatic hydroxyl groups is 2. The summed E-state index contributed by atoms with van der Waals surface area (Å²) in [6.07, 6.45) is -3.59. The van der Waals surface area contributed by atoms with Gasteiger partial charge in [0, 0.05) is 5.56 Å². The molecule has 3 unspecified atom stereocenters. The lowest BCUT2D eigenvalue weighted by Gasteiger charge is -2.35. The predicted octanol–water partition coefficient (Wildman–Crippen LogP) is 1.34. The van der Waals surface area contributed by atoms with Crippen LogP contribution < -0.4 is 9.47 Å². The van der Waals surface area contributed by atoms with Gasteiger partial charge >= 0.3 is 0 Å². The predicted molar refractivity (Wildman–Crippen MR) is 78.8 cm³/mol. The smallest absolute Gasteiger partial charge is 0.203 e. The van der Waals surface area contributed by atoms with Crippen LogP contribution in [0, 0.1) is 0 Å². The number of phenolic OH excluding ortho intramolecular Hbond substituents is 3. The third-order valence-corrected chi connectivity index (χ3v) is 3.85. The van der Waals surface area contributed by atoms with E-state index in [2.05, 4.69) is 0 Å². The number of fused-ring (bicyclic) bond motifs is 1. The number of aliphatic hydroxyl groups excluding tert-OH is 2. The minimum absolute atomic E-state index is 0.0430. The van der Waals surface area contributed by atoms with E-state index in [1.807, 2.05) is 0 Å². The van der Waals surface area contributed by atoms with Crippen molar-refractivity contribution in [2.24, 2.45) is 0 Å². The molecule has 122 valence electrons. The Balaban J connectivity index is 2.09. The second kappa shape index (κ2) is 5.53. The van der Waals surface area contributed by atoms with E-state index >= 15 is 0 Å². The summed E-state index contributed by atoms with van der Waals surface area (Å²) < 4.78 is 10.8. The Morgan fingerprint density at radius 2 is 1.65 bits per heavy atom. The van der Waals surface area contributed by atoms with E-state index in [-0.39, 0.29) is 34.3 Å². The molecule has 0 radical (unpaired) electrons. The number of methoxy groups -OCH3 is 1. The van der Waals surface area contributed by atoms with Gasteiger partial charge in [-0.1, -0.05) is 6.07 Å². The van der Waals surface area contributed by atoms with E-state index in [1.54, 1.807) is 0 Å². The van der Waals surface area contributed by atoms with Crippen LogP contribution in [0.1, 0.15) is 23.3 Å². The zero-order valence-corrected chi connectivity index (χ0v) is 12.2. The molecule has 1 aliphatic rings. The molecule has 1 aliphatic heterocycles. The van der Waals surface area contributed by atoms with Gasteiger partial charge in [-0.05, 0) is 29.8 Å². The highest BCUT2D eigenvalue weighted by Crippen LogP contribution is 2.49. The van der Waals surface area contributed by atoms with Crippen LogP contribution in [0.3, 0.4) is 0 Å². The van der Waals surface area contributed by atoms with Crippen LogP contribution in [0.2, 0.25) is 0 Å². The molecule has 5 N–H and O–H groups in total. The first kappa shape index (κ1) is 15.3. The fraction of sp³-hybridized carbons (Fsp3) is 0.250. The number of ether oxygens (including phenoxy) is 2. The van der Waals surface area contributed by atoms with Gasteiger partial charge < -0.3 is 35.0 Å². The van der Waals surface area contributed by atoms with E-state index in [0.29, 0.717) is 5.56 Å². The average Bonchev–Trinajstić information content (AvgIpc) is 2.53. The lowest BCUT2D eigenvalue weighted by molar-refractivity contribution is -0.0710. The van der Waals surface area contributed by atoms with Crippen molar-refractivity contribution in [3.05, 3.63) is 41.5 Å². The molecule has 0 fully saturated rings. The lowest BCUT2D eigenvalue weighted by atomic mass is 9.91. The van der Waals surface area contributed by atoms with Crippen LogP contribution in [0.15, 0.2) is 30.3 Å². The largest absolute Gasteiger partial charge is 0.504 e. The molecule has 0 aromatic heterocycles. The van der Waals surface area contributed by atoms with Crippen LogP contribution in [-0.4, -0.2) is 38.7 Å². The average molecular weight is 320 g/mol. The number of aromatic hydroxyl groups is 3. The van der Waals surface area contributed by atoms with E-state index in [9.17, 15) is 25.5 Å². The molecule has 3 atom stereocenters. The van der Waals surface area contributed by atoms with Crippen molar-refractivity contribution in [3.8, 4) is 28.7 Å². The molecule has 0 amide bonds. The Labute approximate surface area is 131 Å². The van der Waals surface area contributed by atoms with Gasteiger partial charge in [0.2, 0.25) is 5.75 Å². The quantitative estimate of drug-likeness (QED) is 0.530. The molecule has 2 aromatic carbocycles. The van der Waals surface area contributed by atoms with Gasteiger partial charge in [0.25, 0.3) is 0 Å². The van der Waals surface area contributed by atoms with Crippen molar-refractivity contribution in [2.45, 2.75) is 18.3 Å². The molecule has 2 aromatic rings. The fourth-order valence-electron chi connectivity index (χ4n) is 2.65. The molecule has 7 heteroatoms. The third-order valence-electron chi connectivity index (χ3n) is 3.85. The lowest BCUT2D eigenvalue weighted by Crippen LogP contribution is -2.34. The minimum atomic E-state index is -1.30. The standard InChI is InChI=1S/C16H16O7/c1-22-16-10(18)5-3-8-12(20)13(21)14(23-15(8)16)7-2-4-9(17)11(19)6-7/h2-6,12-14,17-21H,1H3. The normalized spacial score (nSPS) is 23.0. The number of hydrogen-bond acceptors (Lipinski definition) is 7. The molecule has 0 aliphatic carbocycles. The summed E-state index contributed by atoms with van der Waals surface area (Å²) in [6.45, 7) is 0. The van der Waals surface area contributed by atoms with Gasteiger partial charge in [0.1, 0.15) is 12.2 Å². The highest BCUT2D eigenvalue weighted by molar-refractivity contribution is 5.57. The van der Waals surface area contributed by atoms with E-state index in [4.69, 9.17) is 9.47 Å². The van der Waals surface area contributed by atoms with Gasteiger partial charge in [-0.2, -0.15) is 0 Å². The number of rotatable bonds is 2. The van der Waals surface area contributed by atoms with Gasteiger partial charge in [0.05, 0.1) is 7.11 Å². The van der Waals surface area contributed by atoms with Crippen molar-refractivity contribution in [3.63, 3.8) is 0 Å². The molecule has 3 rings (SSSR count). The van der Waals surface area contributed by atoms with Crippen LogP contribution in [-0.2, 0) is 0 Å². The van der Waals surface area contributed by atoms with Crippen molar-refractivity contribution < 1.29 is 35.0 Å². The summed E-state index contributed by atoms with van der Waals surface area (Å²) in [6, 6.07) is 6.71. The van der Waals surface area contributed by atoms with Crippen molar-refractivity contribution in [2.75, 3.05) is 7.11 Å². The molecule has 0 spiro atoms. The van der Waals surface area contributed by atoms with Gasteiger partial charge in [0.15, 0.2) is 29.1 Å². The van der Waals surface area contributed by atoms with Gasteiger partial charge in [-0.3, -0.25) is 0 Å². The second-order valence-electron chi connectivity index (χ2n) is 5.26. The second-order valence-corrected chi connectivity index (χ2v) is 5.26. The maximum Gasteiger partial charge on any atom is 0.203 e. The number of hydrogen-bond donors (Lipinski definition) is 5. The van der Waals surface area contributed by atoms with Crippen LogP contribution in [0.4, 0.5) is 0 Å². The summed E-state index contributed by atoms with van der Waals surface area (Å²) in [7, 11) is 1.34. The molecule has 0 bridgehead atoms. The third kappa shape index (κ3) is 2.39. The summed E-state index contributed by atoms with van der Waals surface area (Å²) in [5.41, 5.74) is 0.634. The van der Waals surface area contributed by atoms with E-state index in [1.165, 1.54) is 37.4 Å². The van der Waals surface area contributed by atoms with Crippen LogP contribution >= 0.6 is 0 Å². The first-order valence-corrected chi connectivity index (χ1v) is 6.88. The Morgan fingerprint density at radius 3 is 2.30 bits per heavy atom. The fourth-order valence-corrected chi connectivity index (χ4v) is 2.65. The van der Waals surface area contributed by atoms with Crippen molar-refractivity contribution in [1.29, 1.82) is 0 Å². The Bertz CT molecular complexity index is 743. The summed E-state index contributed by atoms with van der Waals surface area (Å²) >= 11 is 0. The molecule has 1 heterocycles. The zero-order valence-electron chi connectivity index (χ0n) is 12.2. The Kier molecular flexibility index (Phi) is 3.67. The molecular weight excluding hydrogens is 304 g/mol. The molecular formula is C16H16O7. The highest BCUT2D eigenvalue weighted by atomic mass is 16.5. The number of benzene rings is 2.